The number of hydrogen-bond donors (Lipinski definition) is 1. The summed E-state index contributed by atoms with van der Waals surface area (Å²) >= 11 is 0. The van der Waals surface area contributed by atoms with Crippen molar-refractivity contribution >= 4 is 0 Å². The third kappa shape index (κ3) is 2.80. The molecular formula is C9H19NO. The van der Waals surface area contributed by atoms with Crippen LogP contribution in [0, 0.1) is 0 Å². The lowest BCUT2D eigenvalue weighted by molar-refractivity contribution is 0.0186. The van der Waals surface area contributed by atoms with Crippen LogP contribution >= 0.6 is 0 Å². The molecule has 0 radical (unpaired) electrons. The molecule has 1 rings (SSSR count). The summed E-state index contributed by atoms with van der Waals surface area (Å²) < 4.78 is 5.68. The van der Waals surface area contributed by atoms with Crippen LogP contribution in [0.2, 0.25) is 0 Å². The highest BCUT2D eigenvalue weighted by Crippen LogP contribution is 2.13. The second kappa shape index (κ2) is 4.07. The SMILES string of the molecule is CC[C@H]1C[C@@H](OC(C)C)CN1. The van der Waals surface area contributed by atoms with E-state index in [1.165, 1.54) is 12.8 Å². The van der Waals surface area contributed by atoms with E-state index in [0.29, 0.717) is 18.2 Å². The van der Waals surface area contributed by atoms with Gasteiger partial charge in [0.25, 0.3) is 0 Å². The molecule has 1 saturated heterocycles. The molecule has 1 aliphatic heterocycles. The average Bonchev–Trinajstić information content (AvgIpc) is 2.34. The van der Waals surface area contributed by atoms with Crippen molar-refractivity contribution in [1.29, 1.82) is 0 Å². The Bertz CT molecular complexity index is 114. The Hall–Kier alpha value is -0.0800. The molecule has 1 aliphatic rings. The molecule has 0 unspecified atom stereocenters. The van der Waals surface area contributed by atoms with E-state index >= 15 is 0 Å². The number of rotatable bonds is 3. The van der Waals surface area contributed by atoms with Crippen molar-refractivity contribution < 1.29 is 4.74 Å². The van der Waals surface area contributed by atoms with Gasteiger partial charge in [0, 0.05) is 12.6 Å². The van der Waals surface area contributed by atoms with Crippen LogP contribution in [0.25, 0.3) is 0 Å². The van der Waals surface area contributed by atoms with Crippen LogP contribution in [0.1, 0.15) is 33.6 Å². The summed E-state index contributed by atoms with van der Waals surface area (Å²) in [6.07, 6.45) is 3.24. The Kier molecular flexibility index (Phi) is 3.34. The molecule has 1 N–H and O–H groups in total. The first-order valence-electron chi connectivity index (χ1n) is 4.61. The van der Waals surface area contributed by atoms with Crippen LogP contribution in [0.3, 0.4) is 0 Å². The van der Waals surface area contributed by atoms with E-state index in [2.05, 4.69) is 26.1 Å². The molecule has 1 heterocycles. The lowest BCUT2D eigenvalue weighted by atomic mass is 10.1. The van der Waals surface area contributed by atoms with Gasteiger partial charge in [0.15, 0.2) is 0 Å². The minimum Gasteiger partial charge on any atom is -0.374 e. The zero-order valence-corrected chi connectivity index (χ0v) is 7.76. The van der Waals surface area contributed by atoms with Gasteiger partial charge in [-0.25, -0.2) is 0 Å². The summed E-state index contributed by atoms with van der Waals surface area (Å²) in [5.74, 6) is 0. The Labute approximate surface area is 69.3 Å². The minimum atomic E-state index is 0.373. The molecule has 0 aromatic heterocycles. The second-order valence-corrected chi connectivity index (χ2v) is 3.56. The van der Waals surface area contributed by atoms with E-state index in [4.69, 9.17) is 4.74 Å². The van der Waals surface area contributed by atoms with E-state index in [1.54, 1.807) is 0 Å². The maximum Gasteiger partial charge on any atom is 0.0717 e. The molecule has 0 saturated carbocycles. The molecule has 11 heavy (non-hydrogen) atoms. The first kappa shape index (κ1) is 9.01. The smallest absolute Gasteiger partial charge is 0.0717 e. The summed E-state index contributed by atoms with van der Waals surface area (Å²) in [5, 5.41) is 3.44. The maximum absolute atomic E-state index is 5.68. The van der Waals surface area contributed by atoms with Crippen LogP contribution in [0.5, 0.6) is 0 Å². The maximum atomic E-state index is 5.68. The van der Waals surface area contributed by atoms with Crippen molar-refractivity contribution in [2.24, 2.45) is 0 Å². The minimum absolute atomic E-state index is 0.373. The molecule has 0 aromatic rings. The van der Waals surface area contributed by atoms with Gasteiger partial charge < -0.3 is 10.1 Å². The highest BCUT2D eigenvalue weighted by molar-refractivity contribution is 4.81. The summed E-state index contributed by atoms with van der Waals surface area (Å²) in [4.78, 5) is 0. The van der Waals surface area contributed by atoms with Crippen LogP contribution in [-0.4, -0.2) is 24.8 Å². The molecule has 0 amide bonds. The highest BCUT2D eigenvalue weighted by atomic mass is 16.5. The van der Waals surface area contributed by atoms with Crippen molar-refractivity contribution in [3.63, 3.8) is 0 Å². The molecule has 0 aliphatic carbocycles. The van der Waals surface area contributed by atoms with Crippen molar-refractivity contribution in [3.8, 4) is 0 Å². The molecule has 0 aromatic carbocycles. The third-order valence-corrected chi connectivity index (χ3v) is 2.14. The van der Waals surface area contributed by atoms with Crippen LogP contribution in [0.15, 0.2) is 0 Å². The Morgan fingerprint density at radius 3 is 2.73 bits per heavy atom. The third-order valence-electron chi connectivity index (χ3n) is 2.14. The molecule has 66 valence electrons. The van der Waals surface area contributed by atoms with Gasteiger partial charge in [-0.1, -0.05) is 6.92 Å². The van der Waals surface area contributed by atoms with Gasteiger partial charge in [0.1, 0.15) is 0 Å². The van der Waals surface area contributed by atoms with Gasteiger partial charge in [0.2, 0.25) is 0 Å². The van der Waals surface area contributed by atoms with Gasteiger partial charge in [-0.05, 0) is 26.7 Å². The topological polar surface area (TPSA) is 21.3 Å². The van der Waals surface area contributed by atoms with Crippen LogP contribution in [-0.2, 0) is 4.74 Å². The standard InChI is InChI=1S/C9H19NO/c1-4-8-5-9(6-10-8)11-7(2)3/h7-10H,4-6H2,1-3H3/t8-,9+/m0/s1. The Morgan fingerprint density at radius 1 is 1.55 bits per heavy atom. The van der Waals surface area contributed by atoms with E-state index in [9.17, 15) is 0 Å². The normalized spacial score (nSPS) is 31.6. The van der Waals surface area contributed by atoms with Crippen molar-refractivity contribution in [2.45, 2.75) is 51.9 Å². The van der Waals surface area contributed by atoms with Gasteiger partial charge in [-0.3, -0.25) is 0 Å². The molecule has 2 heteroatoms. The molecular weight excluding hydrogens is 138 g/mol. The summed E-state index contributed by atoms with van der Waals surface area (Å²) in [6.45, 7) is 7.45. The molecule has 0 bridgehead atoms. The second-order valence-electron chi connectivity index (χ2n) is 3.56. The van der Waals surface area contributed by atoms with Crippen molar-refractivity contribution in [3.05, 3.63) is 0 Å². The molecule has 2 atom stereocenters. The number of ether oxygens (including phenoxy) is 1. The average molecular weight is 157 g/mol. The summed E-state index contributed by atoms with van der Waals surface area (Å²) in [6, 6.07) is 0.693. The fourth-order valence-electron chi connectivity index (χ4n) is 1.58. The van der Waals surface area contributed by atoms with Gasteiger partial charge in [-0.15, -0.1) is 0 Å². The first-order valence-corrected chi connectivity index (χ1v) is 4.61. The summed E-state index contributed by atoms with van der Waals surface area (Å²) in [5.41, 5.74) is 0. The molecule has 1 fully saturated rings. The zero-order valence-electron chi connectivity index (χ0n) is 7.76. The monoisotopic (exact) mass is 157 g/mol. The Morgan fingerprint density at radius 2 is 2.27 bits per heavy atom. The van der Waals surface area contributed by atoms with E-state index in [-0.39, 0.29) is 0 Å². The van der Waals surface area contributed by atoms with Crippen LogP contribution < -0.4 is 5.32 Å². The van der Waals surface area contributed by atoms with E-state index in [0.717, 1.165) is 6.54 Å². The predicted octanol–water partition coefficient (Wildman–Crippen LogP) is 1.55. The fourth-order valence-corrected chi connectivity index (χ4v) is 1.58. The highest BCUT2D eigenvalue weighted by Gasteiger charge is 2.23. The Balaban J connectivity index is 2.19. The summed E-state index contributed by atoms with van der Waals surface area (Å²) in [7, 11) is 0. The quantitative estimate of drug-likeness (QED) is 0.671. The largest absolute Gasteiger partial charge is 0.374 e. The molecule has 2 nitrogen and oxygen atoms in total. The lowest BCUT2D eigenvalue weighted by Gasteiger charge is -2.13. The fraction of sp³-hybridized carbons (Fsp3) is 1.00. The van der Waals surface area contributed by atoms with Gasteiger partial charge >= 0.3 is 0 Å². The first-order chi connectivity index (χ1) is 5.22. The number of nitrogens with one attached hydrogen (secondary N) is 1. The molecule has 0 spiro atoms. The zero-order chi connectivity index (χ0) is 8.27. The van der Waals surface area contributed by atoms with Crippen LogP contribution in [0.4, 0.5) is 0 Å². The van der Waals surface area contributed by atoms with E-state index in [1.807, 2.05) is 0 Å². The van der Waals surface area contributed by atoms with Gasteiger partial charge in [-0.2, -0.15) is 0 Å². The predicted molar refractivity (Wildman–Crippen MR) is 46.7 cm³/mol. The van der Waals surface area contributed by atoms with E-state index < -0.39 is 0 Å². The van der Waals surface area contributed by atoms with Gasteiger partial charge in [0.05, 0.1) is 12.2 Å². The van der Waals surface area contributed by atoms with Crippen molar-refractivity contribution in [2.75, 3.05) is 6.54 Å². The lowest BCUT2D eigenvalue weighted by Crippen LogP contribution is -2.21. The number of hydrogen-bond acceptors (Lipinski definition) is 2. The van der Waals surface area contributed by atoms with Crippen molar-refractivity contribution in [1.82, 2.24) is 5.32 Å².